The molecule has 1 aromatic heterocycles. The van der Waals surface area contributed by atoms with Gasteiger partial charge in [0, 0.05) is 33.9 Å². The lowest BCUT2D eigenvalue weighted by molar-refractivity contribution is -0.129. The molecule has 0 N–H and O–H groups in total. The number of ether oxygens (including phenoxy) is 1. The van der Waals surface area contributed by atoms with Gasteiger partial charge in [-0.15, -0.1) is 0 Å². The minimum absolute atomic E-state index is 0.0167. The van der Waals surface area contributed by atoms with E-state index in [-0.39, 0.29) is 22.6 Å². The maximum absolute atomic E-state index is 13.0. The molecule has 0 radical (unpaired) electrons. The zero-order valence-corrected chi connectivity index (χ0v) is 18.4. The van der Waals surface area contributed by atoms with Crippen molar-refractivity contribution < 1.29 is 9.53 Å². The Bertz CT molecular complexity index is 942. The Morgan fingerprint density at radius 3 is 2.57 bits per heavy atom. The van der Waals surface area contributed by atoms with E-state index < -0.39 is 0 Å². The second-order valence-electron chi connectivity index (χ2n) is 6.95. The highest BCUT2D eigenvalue weighted by atomic mass is 35.5. The largest absolute Gasteiger partial charge is 0.381 e. The van der Waals surface area contributed by atoms with Gasteiger partial charge in [-0.25, -0.2) is 4.98 Å². The number of carbonyl (C=O) groups excluding carboxylic acids is 1. The fraction of sp³-hybridized carbons (Fsp3) is 0.526. The zero-order valence-electron chi connectivity index (χ0n) is 16.1. The first-order valence-corrected chi connectivity index (χ1v) is 10.8. The molecule has 1 aliphatic heterocycles. The van der Waals surface area contributed by atoms with Gasteiger partial charge in [0.05, 0.1) is 26.2 Å². The van der Waals surface area contributed by atoms with E-state index in [0.29, 0.717) is 45.9 Å². The summed E-state index contributed by atoms with van der Waals surface area (Å²) in [5.41, 5.74) is 0.297. The normalized spacial score (nSPS) is 16.3. The summed E-state index contributed by atoms with van der Waals surface area (Å²) in [6.07, 6.45) is 1.62. The summed E-state index contributed by atoms with van der Waals surface area (Å²) < 4.78 is 7.04. The third kappa shape index (κ3) is 4.32. The molecule has 1 aliphatic rings. The third-order valence-corrected chi connectivity index (χ3v) is 6.97. The van der Waals surface area contributed by atoms with Crippen LogP contribution in [0, 0.1) is 5.92 Å². The minimum Gasteiger partial charge on any atom is -0.381 e. The number of benzene rings is 1. The molecular weight excluding hydrogens is 421 g/mol. The summed E-state index contributed by atoms with van der Waals surface area (Å²) >= 11 is 13.6. The summed E-state index contributed by atoms with van der Waals surface area (Å²) in [5, 5.41) is 1.27. The molecule has 6 nitrogen and oxygen atoms in total. The van der Waals surface area contributed by atoms with Crippen LogP contribution in [0.25, 0.3) is 10.9 Å². The molecule has 1 aromatic carbocycles. The first-order valence-electron chi connectivity index (χ1n) is 9.18. The highest BCUT2D eigenvalue weighted by Crippen LogP contribution is 2.34. The predicted molar refractivity (Wildman–Crippen MR) is 114 cm³/mol. The van der Waals surface area contributed by atoms with Crippen molar-refractivity contribution in [3.8, 4) is 0 Å². The topological polar surface area (TPSA) is 64.4 Å². The Morgan fingerprint density at radius 1 is 1.32 bits per heavy atom. The molecule has 1 amide bonds. The quantitative estimate of drug-likeness (QED) is 0.520. The summed E-state index contributed by atoms with van der Waals surface area (Å²) in [5.74, 6) is 0.184. The number of amides is 1. The van der Waals surface area contributed by atoms with Gasteiger partial charge in [0.25, 0.3) is 5.56 Å². The predicted octanol–water partition coefficient (Wildman–Crippen LogP) is 3.70. The molecule has 1 unspecified atom stereocenters. The number of rotatable bonds is 5. The van der Waals surface area contributed by atoms with Crippen LogP contribution in [0.3, 0.4) is 0 Å². The summed E-state index contributed by atoms with van der Waals surface area (Å²) in [4.78, 5) is 32.2. The van der Waals surface area contributed by atoms with Gasteiger partial charge in [0.1, 0.15) is 0 Å². The van der Waals surface area contributed by atoms with Crippen molar-refractivity contribution in [2.45, 2.75) is 36.7 Å². The van der Waals surface area contributed by atoms with Crippen LogP contribution in [0.4, 0.5) is 0 Å². The first-order chi connectivity index (χ1) is 13.3. The van der Waals surface area contributed by atoms with Gasteiger partial charge in [-0.1, -0.05) is 35.0 Å². The van der Waals surface area contributed by atoms with E-state index >= 15 is 0 Å². The van der Waals surface area contributed by atoms with E-state index in [9.17, 15) is 9.59 Å². The highest BCUT2D eigenvalue weighted by Gasteiger charge is 2.33. The molecule has 28 heavy (non-hydrogen) atoms. The van der Waals surface area contributed by atoms with Gasteiger partial charge in [0.15, 0.2) is 5.16 Å². The average Bonchev–Trinajstić information content (AvgIpc) is 2.68. The number of nitrogens with zero attached hydrogens (tertiary/aromatic N) is 3. The van der Waals surface area contributed by atoms with Crippen LogP contribution in [-0.4, -0.2) is 52.9 Å². The molecule has 1 saturated heterocycles. The molecule has 1 fully saturated rings. The van der Waals surface area contributed by atoms with Crippen molar-refractivity contribution in [1.29, 1.82) is 0 Å². The van der Waals surface area contributed by atoms with Crippen LogP contribution in [-0.2, 0) is 16.1 Å². The highest BCUT2D eigenvalue weighted by molar-refractivity contribution is 8.00. The lowest BCUT2D eigenvalue weighted by Crippen LogP contribution is -2.39. The number of hydrogen-bond acceptors (Lipinski definition) is 5. The lowest BCUT2D eigenvalue weighted by Gasteiger charge is -2.30. The van der Waals surface area contributed by atoms with E-state index in [4.69, 9.17) is 27.9 Å². The van der Waals surface area contributed by atoms with E-state index in [2.05, 4.69) is 4.98 Å². The number of aromatic nitrogens is 2. The van der Waals surface area contributed by atoms with Gasteiger partial charge in [-0.2, -0.15) is 0 Å². The fourth-order valence-electron chi connectivity index (χ4n) is 3.30. The standard InChI is InChI=1S/C19H23Cl2N3O3S/c1-4-24-17(25)12-9-13(20)14(21)10-15(12)22-19(24)28-16(18(26)23(2)3)11-5-7-27-8-6-11/h9-11,16H,4-8H2,1-3H3. The molecule has 0 spiro atoms. The monoisotopic (exact) mass is 443 g/mol. The second-order valence-corrected chi connectivity index (χ2v) is 8.87. The van der Waals surface area contributed by atoms with E-state index in [1.807, 2.05) is 6.92 Å². The molecule has 1 atom stereocenters. The molecule has 2 heterocycles. The molecular formula is C19H23Cl2N3O3S. The van der Waals surface area contributed by atoms with Gasteiger partial charge in [0.2, 0.25) is 5.91 Å². The summed E-state index contributed by atoms with van der Waals surface area (Å²) in [6.45, 7) is 3.61. The van der Waals surface area contributed by atoms with Crippen molar-refractivity contribution in [1.82, 2.24) is 14.5 Å². The van der Waals surface area contributed by atoms with Crippen molar-refractivity contribution in [3.63, 3.8) is 0 Å². The van der Waals surface area contributed by atoms with E-state index in [1.54, 1.807) is 35.7 Å². The number of hydrogen-bond donors (Lipinski definition) is 0. The Kier molecular flexibility index (Phi) is 6.91. The maximum atomic E-state index is 13.0. The number of thioether (sulfide) groups is 1. The van der Waals surface area contributed by atoms with Crippen LogP contribution in [0.1, 0.15) is 19.8 Å². The summed E-state index contributed by atoms with van der Waals surface area (Å²) in [7, 11) is 3.50. The molecule has 2 aromatic rings. The first kappa shape index (κ1) is 21.4. The smallest absolute Gasteiger partial charge is 0.262 e. The van der Waals surface area contributed by atoms with Crippen molar-refractivity contribution in [3.05, 3.63) is 32.5 Å². The molecule has 3 rings (SSSR count). The van der Waals surface area contributed by atoms with Crippen molar-refractivity contribution in [2.75, 3.05) is 27.3 Å². The van der Waals surface area contributed by atoms with Crippen LogP contribution in [0.15, 0.2) is 22.1 Å². The maximum Gasteiger partial charge on any atom is 0.262 e. The summed E-state index contributed by atoms with van der Waals surface area (Å²) in [6, 6.07) is 3.15. The van der Waals surface area contributed by atoms with Crippen LogP contribution < -0.4 is 5.56 Å². The Balaban J connectivity index is 2.07. The van der Waals surface area contributed by atoms with Crippen molar-refractivity contribution in [2.24, 2.45) is 5.92 Å². The zero-order chi connectivity index (χ0) is 20.4. The Hall–Kier alpha value is -1.28. The number of carbonyl (C=O) groups is 1. The minimum atomic E-state index is -0.330. The van der Waals surface area contributed by atoms with Crippen LogP contribution in [0.2, 0.25) is 10.0 Å². The molecule has 0 aliphatic carbocycles. The van der Waals surface area contributed by atoms with Gasteiger partial charge in [-0.05, 0) is 37.8 Å². The number of halogens is 2. The Morgan fingerprint density at radius 2 is 1.96 bits per heavy atom. The van der Waals surface area contributed by atoms with Gasteiger partial charge >= 0.3 is 0 Å². The van der Waals surface area contributed by atoms with E-state index in [1.165, 1.54) is 11.8 Å². The average molecular weight is 444 g/mol. The molecule has 0 bridgehead atoms. The van der Waals surface area contributed by atoms with Gasteiger partial charge in [-0.3, -0.25) is 14.2 Å². The second kappa shape index (κ2) is 9.03. The number of fused-ring (bicyclic) bond motifs is 1. The molecule has 9 heteroatoms. The van der Waals surface area contributed by atoms with Crippen molar-refractivity contribution >= 4 is 51.8 Å². The molecule has 152 valence electrons. The Labute approximate surface area is 178 Å². The van der Waals surface area contributed by atoms with Crippen LogP contribution in [0.5, 0.6) is 0 Å². The third-order valence-electron chi connectivity index (χ3n) is 4.89. The van der Waals surface area contributed by atoms with Gasteiger partial charge < -0.3 is 9.64 Å². The molecule has 0 saturated carbocycles. The van der Waals surface area contributed by atoms with E-state index in [0.717, 1.165) is 12.8 Å². The fourth-order valence-corrected chi connectivity index (χ4v) is 5.11. The van der Waals surface area contributed by atoms with Crippen LogP contribution >= 0.6 is 35.0 Å². The SMILES string of the molecule is CCn1c(SC(C(=O)N(C)C)C2CCOCC2)nc2cc(Cl)c(Cl)cc2c1=O. The lowest BCUT2D eigenvalue weighted by atomic mass is 9.95.